The minimum atomic E-state index is -0.113. The molecule has 0 fully saturated rings. The third kappa shape index (κ3) is 3.67. The van der Waals surface area contributed by atoms with E-state index in [-0.39, 0.29) is 17.9 Å². The van der Waals surface area contributed by atoms with Crippen LogP contribution in [0.5, 0.6) is 0 Å². The molecule has 0 spiro atoms. The highest BCUT2D eigenvalue weighted by atomic mass is 16.2. The summed E-state index contributed by atoms with van der Waals surface area (Å²) in [6.45, 7) is 6.91. The number of anilines is 1. The van der Waals surface area contributed by atoms with Crippen molar-refractivity contribution in [3.8, 4) is 0 Å². The first-order valence-electron chi connectivity index (χ1n) is 8.82. The molecule has 5 nitrogen and oxygen atoms in total. The summed E-state index contributed by atoms with van der Waals surface area (Å²) in [7, 11) is 0. The lowest BCUT2D eigenvalue weighted by Crippen LogP contribution is -2.32. The van der Waals surface area contributed by atoms with Crippen LogP contribution in [0.4, 0.5) is 5.69 Å². The van der Waals surface area contributed by atoms with E-state index >= 15 is 0 Å². The van der Waals surface area contributed by atoms with Crippen LogP contribution in [0.2, 0.25) is 0 Å². The number of nitrogens with zero attached hydrogens (tertiary/aromatic N) is 3. The molecule has 0 saturated carbocycles. The summed E-state index contributed by atoms with van der Waals surface area (Å²) in [5.74, 6) is -0.00226. The number of fused-ring (bicyclic) bond motifs is 1. The van der Waals surface area contributed by atoms with Gasteiger partial charge in [-0.15, -0.1) is 0 Å². The smallest absolute Gasteiger partial charge is 0.261 e. The second kappa shape index (κ2) is 7.52. The minimum absolute atomic E-state index is 0.00226. The summed E-state index contributed by atoms with van der Waals surface area (Å²) in [6.07, 6.45) is 1.77. The molecule has 0 aliphatic heterocycles. The number of aryl methyl sites for hydroxylation is 3. The molecule has 0 atom stereocenters. The lowest BCUT2D eigenvalue weighted by molar-refractivity contribution is -0.118. The highest BCUT2D eigenvalue weighted by molar-refractivity contribution is 5.93. The van der Waals surface area contributed by atoms with Crippen molar-refractivity contribution in [3.63, 3.8) is 0 Å². The van der Waals surface area contributed by atoms with Crippen LogP contribution in [0.15, 0.2) is 53.6 Å². The van der Waals surface area contributed by atoms with Gasteiger partial charge in [0, 0.05) is 25.2 Å². The average Bonchev–Trinajstić information content (AvgIpc) is 2.61. The highest BCUT2D eigenvalue weighted by Gasteiger charge is 2.15. The van der Waals surface area contributed by atoms with Gasteiger partial charge in [0.1, 0.15) is 0 Å². The van der Waals surface area contributed by atoms with Gasteiger partial charge >= 0.3 is 0 Å². The third-order valence-corrected chi connectivity index (χ3v) is 4.43. The van der Waals surface area contributed by atoms with E-state index in [1.54, 1.807) is 11.0 Å². The molecule has 0 N–H and O–H groups in total. The van der Waals surface area contributed by atoms with Gasteiger partial charge in [-0.1, -0.05) is 18.2 Å². The first kappa shape index (κ1) is 17.9. The fourth-order valence-electron chi connectivity index (χ4n) is 3.23. The molecule has 0 unspecified atom stereocenters. The predicted molar refractivity (Wildman–Crippen MR) is 105 cm³/mol. The number of carbonyl (C=O) groups excluding carboxylic acids is 1. The predicted octanol–water partition coefficient (Wildman–Crippen LogP) is 3.46. The second-order valence-corrected chi connectivity index (χ2v) is 6.49. The lowest BCUT2D eigenvalue weighted by Gasteiger charge is -2.22. The van der Waals surface area contributed by atoms with E-state index in [9.17, 15) is 9.59 Å². The molecule has 1 amide bonds. The van der Waals surface area contributed by atoms with Crippen LogP contribution in [-0.2, 0) is 11.3 Å². The molecule has 0 bridgehead atoms. The van der Waals surface area contributed by atoms with Crippen LogP contribution in [0.25, 0.3) is 10.9 Å². The van der Waals surface area contributed by atoms with Gasteiger partial charge in [-0.2, -0.15) is 0 Å². The molecule has 3 aromatic rings. The molecule has 0 radical (unpaired) electrons. The van der Waals surface area contributed by atoms with Crippen molar-refractivity contribution < 1.29 is 4.79 Å². The summed E-state index contributed by atoms with van der Waals surface area (Å²) < 4.78 is 1.51. The molecule has 0 aliphatic rings. The molecule has 134 valence electrons. The van der Waals surface area contributed by atoms with Crippen molar-refractivity contribution in [2.24, 2.45) is 0 Å². The van der Waals surface area contributed by atoms with Crippen molar-refractivity contribution in [2.45, 2.75) is 33.7 Å². The summed E-state index contributed by atoms with van der Waals surface area (Å²) >= 11 is 0. The Kier molecular flexibility index (Phi) is 5.16. The fourth-order valence-corrected chi connectivity index (χ4v) is 3.23. The molecule has 0 aliphatic carbocycles. The van der Waals surface area contributed by atoms with E-state index < -0.39 is 0 Å². The number of para-hydroxylation sites is 1. The van der Waals surface area contributed by atoms with Gasteiger partial charge in [0.25, 0.3) is 5.56 Å². The van der Waals surface area contributed by atoms with Crippen LogP contribution in [0.1, 0.15) is 24.5 Å². The first-order chi connectivity index (χ1) is 12.5. The van der Waals surface area contributed by atoms with Gasteiger partial charge in [-0.25, -0.2) is 4.98 Å². The third-order valence-electron chi connectivity index (χ3n) is 4.43. The van der Waals surface area contributed by atoms with Gasteiger partial charge in [-0.3, -0.25) is 14.2 Å². The molecule has 1 aromatic heterocycles. The number of carbonyl (C=O) groups is 1. The van der Waals surface area contributed by atoms with Gasteiger partial charge in [0.2, 0.25) is 5.91 Å². The number of rotatable bonds is 5. The topological polar surface area (TPSA) is 55.2 Å². The van der Waals surface area contributed by atoms with E-state index in [0.717, 1.165) is 16.8 Å². The van der Waals surface area contributed by atoms with Crippen LogP contribution in [0, 0.1) is 13.8 Å². The maximum Gasteiger partial charge on any atom is 0.261 e. The Labute approximate surface area is 152 Å². The second-order valence-electron chi connectivity index (χ2n) is 6.49. The Morgan fingerprint density at radius 2 is 1.81 bits per heavy atom. The largest absolute Gasteiger partial charge is 0.313 e. The van der Waals surface area contributed by atoms with Gasteiger partial charge in [-0.05, 0) is 56.2 Å². The number of hydrogen-bond acceptors (Lipinski definition) is 3. The Morgan fingerprint density at radius 3 is 2.50 bits per heavy atom. The zero-order chi connectivity index (χ0) is 18.7. The number of amides is 1. The van der Waals surface area contributed by atoms with Gasteiger partial charge in [0.15, 0.2) is 0 Å². The number of hydrogen-bond donors (Lipinski definition) is 0. The summed E-state index contributed by atoms with van der Waals surface area (Å²) in [4.78, 5) is 31.3. The Balaban J connectivity index is 1.79. The van der Waals surface area contributed by atoms with E-state index in [1.807, 2.05) is 51.1 Å². The van der Waals surface area contributed by atoms with E-state index in [2.05, 4.69) is 11.1 Å². The number of benzene rings is 2. The molecule has 0 saturated heterocycles. The standard InChI is InChI=1S/C21H23N3O2/c1-4-24(17-12-15(2)11-16(3)13-17)20(25)9-10-23-14-22-19-8-6-5-7-18(19)21(23)26/h5-8,11-14H,4,9-10H2,1-3H3. The Bertz CT molecular complexity index is 987. The molecule has 26 heavy (non-hydrogen) atoms. The van der Waals surface area contributed by atoms with E-state index in [1.165, 1.54) is 10.9 Å². The lowest BCUT2D eigenvalue weighted by atomic mass is 10.1. The quantitative estimate of drug-likeness (QED) is 0.709. The molecular weight excluding hydrogens is 326 g/mol. The monoisotopic (exact) mass is 349 g/mol. The summed E-state index contributed by atoms with van der Waals surface area (Å²) in [5.41, 5.74) is 3.71. The molecular formula is C21H23N3O2. The molecule has 1 heterocycles. The SMILES string of the molecule is CCN(C(=O)CCn1cnc2ccccc2c1=O)c1cc(C)cc(C)c1. The summed E-state index contributed by atoms with van der Waals surface area (Å²) in [6, 6.07) is 13.4. The highest BCUT2D eigenvalue weighted by Crippen LogP contribution is 2.19. The summed E-state index contributed by atoms with van der Waals surface area (Å²) in [5, 5.41) is 0.573. The Hall–Kier alpha value is -2.95. The van der Waals surface area contributed by atoms with Crippen molar-refractivity contribution in [1.82, 2.24) is 9.55 Å². The molecule has 5 heteroatoms. The molecule has 2 aromatic carbocycles. The zero-order valence-electron chi connectivity index (χ0n) is 15.4. The Morgan fingerprint density at radius 1 is 1.12 bits per heavy atom. The normalized spacial score (nSPS) is 10.9. The van der Waals surface area contributed by atoms with Gasteiger partial charge < -0.3 is 4.90 Å². The van der Waals surface area contributed by atoms with Crippen molar-refractivity contribution in [3.05, 3.63) is 70.3 Å². The van der Waals surface area contributed by atoms with Crippen molar-refractivity contribution in [2.75, 3.05) is 11.4 Å². The average molecular weight is 349 g/mol. The number of aromatic nitrogens is 2. The van der Waals surface area contributed by atoms with Crippen LogP contribution >= 0.6 is 0 Å². The van der Waals surface area contributed by atoms with Crippen LogP contribution in [-0.4, -0.2) is 22.0 Å². The fraction of sp³-hybridized carbons (Fsp3) is 0.286. The van der Waals surface area contributed by atoms with E-state index in [0.29, 0.717) is 24.0 Å². The zero-order valence-corrected chi connectivity index (χ0v) is 15.4. The maximum absolute atomic E-state index is 12.7. The van der Waals surface area contributed by atoms with Gasteiger partial charge in [0.05, 0.1) is 17.2 Å². The maximum atomic E-state index is 12.7. The van der Waals surface area contributed by atoms with E-state index in [4.69, 9.17) is 0 Å². The van der Waals surface area contributed by atoms with Crippen LogP contribution < -0.4 is 10.5 Å². The first-order valence-corrected chi connectivity index (χ1v) is 8.82. The van der Waals surface area contributed by atoms with Crippen molar-refractivity contribution in [1.29, 1.82) is 0 Å². The minimum Gasteiger partial charge on any atom is -0.313 e. The van der Waals surface area contributed by atoms with Crippen LogP contribution in [0.3, 0.4) is 0 Å². The van der Waals surface area contributed by atoms with Crippen molar-refractivity contribution >= 4 is 22.5 Å². The molecule has 3 rings (SSSR count).